The van der Waals surface area contributed by atoms with E-state index in [9.17, 15) is 18.0 Å². The highest BCUT2D eigenvalue weighted by Crippen LogP contribution is 2.35. The number of amides is 1. The molecule has 2 aliphatic heterocycles. The number of carbonyl (C=O) groups excluding carboxylic acids is 1. The number of rotatable bonds is 7. The molecule has 0 bridgehead atoms. The summed E-state index contributed by atoms with van der Waals surface area (Å²) in [6.07, 6.45) is -1.95. The molecule has 0 radical (unpaired) electrons. The van der Waals surface area contributed by atoms with Crippen molar-refractivity contribution in [3.8, 4) is 0 Å². The van der Waals surface area contributed by atoms with Gasteiger partial charge in [0.25, 0.3) is 0 Å². The minimum atomic E-state index is -4.48. The number of nitrogens with two attached hydrogens (primary N) is 1. The Morgan fingerprint density at radius 2 is 1.88 bits per heavy atom. The number of thioether (sulfide) groups is 1. The van der Waals surface area contributed by atoms with Crippen LogP contribution in [0.25, 0.3) is 10.9 Å². The van der Waals surface area contributed by atoms with Gasteiger partial charge in [-0.1, -0.05) is 24.6 Å². The number of para-hydroxylation sites is 1. The van der Waals surface area contributed by atoms with E-state index in [0.29, 0.717) is 30.7 Å². The second-order valence-corrected chi connectivity index (χ2v) is 9.69. The molecule has 3 heterocycles. The molecule has 10 heteroatoms. The summed E-state index contributed by atoms with van der Waals surface area (Å²) in [6, 6.07) is 7.74. The van der Waals surface area contributed by atoms with Crippen LogP contribution in [-0.2, 0) is 11.0 Å². The Balaban J connectivity index is 1.28. The quantitative estimate of drug-likeness (QED) is 0.612. The molecule has 4 rings (SSSR count). The van der Waals surface area contributed by atoms with Gasteiger partial charge in [-0.05, 0) is 31.5 Å². The summed E-state index contributed by atoms with van der Waals surface area (Å²) in [4.78, 5) is 22.3. The van der Waals surface area contributed by atoms with Crippen molar-refractivity contribution >= 4 is 34.3 Å². The number of carbonyl (C=O) groups is 1. The van der Waals surface area contributed by atoms with E-state index in [1.165, 1.54) is 6.07 Å². The minimum Gasteiger partial charge on any atom is -0.368 e. The molecule has 2 fully saturated rings. The van der Waals surface area contributed by atoms with E-state index in [0.717, 1.165) is 56.0 Å². The topological polar surface area (TPSA) is 65.7 Å². The standard InChI is InChI=1S/C23H30F3N5OS/c24-23(25,26)21-15-20(17-5-1-2-7-19(17)28-21)30-11-9-29(10-12-30)8-4-3-6-18(27)22(32)31-13-14-33-16-31/h1-2,5,7,15,18H,3-4,6,8-14,16,27H2/t18-/m0/s1. The fourth-order valence-corrected chi connectivity index (χ4v) is 5.38. The summed E-state index contributed by atoms with van der Waals surface area (Å²) < 4.78 is 40.1. The SMILES string of the molecule is N[C@@H](CCCCN1CCN(c2cc(C(F)(F)F)nc3ccccc23)CC1)C(=O)N1CCSC1. The van der Waals surface area contributed by atoms with Crippen LogP contribution in [-0.4, -0.2) is 77.6 Å². The largest absolute Gasteiger partial charge is 0.433 e. The summed E-state index contributed by atoms with van der Waals surface area (Å²) in [5, 5.41) is 0.744. The summed E-state index contributed by atoms with van der Waals surface area (Å²) >= 11 is 1.76. The van der Waals surface area contributed by atoms with Crippen molar-refractivity contribution in [1.82, 2.24) is 14.8 Å². The normalized spacial score (nSPS) is 18.8. The highest BCUT2D eigenvalue weighted by molar-refractivity contribution is 7.99. The minimum absolute atomic E-state index is 0.0522. The molecule has 1 aromatic carbocycles. The predicted octanol–water partition coefficient (Wildman–Crippen LogP) is 3.41. The van der Waals surface area contributed by atoms with Crippen molar-refractivity contribution in [2.24, 2.45) is 5.73 Å². The molecule has 2 aliphatic rings. The van der Waals surface area contributed by atoms with Gasteiger partial charge in [-0.2, -0.15) is 13.2 Å². The number of aromatic nitrogens is 1. The molecule has 1 amide bonds. The summed E-state index contributed by atoms with van der Waals surface area (Å²) in [5.74, 6) is 1.78. The van der Waals surface area contributed by atoms with Crippen LogP contribution in [0.5, 0.6) is 0 Å². The second kappa shape index (κ2) is 10.5. The Morgan fingerprint density at radius 1 is 1.12 bits per heavy atom. The maximum atomic E-state index is 13.4. The van der Waals surface area contributed by atoms with Crippen molar-refractivity contribution in [2.45, 2.75) is 31.5 Å². The van der Waals surface area contributed by atoms with Crippen LogP contribution in [0.1, 0.15) is 25.0 Å². The molecule has 0 saturated carbocycles. The third-order valence-corrected chi connectivity index (χ3v) is 7.28. The Labute approximate surface area is 196 Å². The zero-order valence-electron chi connectivity index (χ0n) is 18.6. The van der Waals surface area contributed by atoms with Gasteiger partial charge in [-0.3, -0.25) is 9.69 Å². The molecule has 2 aromatic rings. The van der Waals surface area contributed by atoms with Crippen LogP contribution < -0.4 is 10.6 Å². The zero-order valence-corrected chi connectivity index (χ0v) is 19.4. The molecule has 33 heavy (non-hydrogen) atoms. The van der Waals surface area contributed by atoms with Gasteiger partial charge in [-0.25, -0.2) is 4.98 Å². The van der Waals surface area contributed by atoms with Gasteiger partial charge in [0.1, 0.15) is 5.69 Å². The number of halogens is 3. The van der Waals surface area contributed by atoms with E-state index in [2.05, 4.69) is 9.88 Å². The molecule has 0 unspecified atom stereocenters. The zero-order chi connectivity index (χ0) is 23.4. The summed E-state index contributed by atoms with van der Waals surface area (Å²) in [7, 11) is 0. The van der Waals surface area contributed by atoms with Crippen molar-refractivity contribution < 1.29 is 18.0 Å². The third kappa shape index (κ3) is 5.91. The lowest BCUT2D eigenvalue weighted by molar-refractivity contribution is -0.141. The number of hydrogen-bond donors (Lipinski definition) is 1. The molecule has 1 atom stereocenters. The van der Waals surface area contributed by atoms with Crippen LogP contribution in [0, 0.1) is 0 Å². The first-order valence-corrected chi connectivity index (χ1v) is 12.5. The van der Waals surface area contributed by atoms with Gasteiger partial charge in [0.05, 0.1) is 17.4 Å². The van der Waals surface area contributed by atoms with Gasteiger partial charge >= 0.3 is 6.18 Å². The Morgan fingerprint density at radius 3 is 2.58 bits per heavy atom. The van der Waals surface area contributed by atoms with Crippen molar-refractivity contribution in [2.75, 3.05) is 55.8 Å². The first kappa shape index (κ1) is 24.1. The second-order valence-electron chi connectivity index (χ2n) is 8.61. The number of hydrogen-bond acceptors (Lipinski definition) is 6. The lowest BCUT2D eigenvalue weighted by Gasteiger charge is -2.36. The average Bonchev–Trinajstić information content (AvgIpc) is 3.35. The number of fused-ring (bicyclic) bond motifs is 1. The van der Waals surface area contributed by atoms with Crippen molar-refractivity contribution in [1.29, 1.82) is 0 Å². The first-order valence-electron chi connectivity index (χ1n) is 11.4. The van der Waals surface area contributed by atoms with E-state index in [1.54, 1.807) is 23.9 Å². The van der Waals surface area contributed by atoms with Gasteiger partial charge < -0.3 is 15.5 Å². The highest BCUT2D eigenvalue weighted by Gasteiger charge is 2.34. The third-order valence-electron chi connectivity index (χ3n) is 6.32. The maximum absolute atomic E-state index is 13.4. The smallest absolute Gasteiger partial charge is 0.368 e. The van der Waals surface area contributed by atoms with Crippen LogP contribution in [0.4, 0.5) is 18.9 Å². The summed E-state index contributed by atoms with van der Waals surface area (Å²) in [6.45, 7) is 4.59. The number of nitrogens with zero attached hydrogens (tertiary/aromatic N) is 4. The number of piperazine rings is 1. The molecule has 1 aromatic heterocycles. The number of pyridine rings is 1. The molecule has 0 aliphatic carbocycles. The Hall–Kier alpha value is -2.04. The van der Waals surface area contributed by atoms with Gasteiger partial charge in [0, 0.05) is 49.6 Å². The molecule has 180 valence electrons. The first-order chi connectivity index (χ1) is 15.8. The molecular formula is C23H30F3N5OS. The molecule has 6 nitrogen and oxygen atoms in total. The Kier molecular flexibility index (Phi) is 7.65. The highest BCUT2D eigenvalue weighted by atomic mass is 32.2. The number of benzene rings is 1. The van der Waals surface area contributed by atoms with E-state index in [1.807, 2.05) is 21.9 Å². The van der Waals surface area contributed by atoms with Gasteiger partial charge in [-0.15, -0.1) is 11.8 Å². The van der Waals surface area contributed by atoms with E-state index in [-0.39, 0.29) is 5.91 Å². The van der Waals surface area contributed by atoms with Crippen LogP contribution in [0.15, 0.2) is 30.3 Å². The number of anilines is 1. The monoisotopic (exact) mass is 481 g/mol. The van der Waals surface area contributed by atoms with E-state index >= 15 is 0 Å². The fourth-order valence-electron chi connectivity index (χ4n) is 4.42. The van der Waals surface area contributed by atoms with Crippen LogP contribution in [0.3, 0.4) is 0 Å². The van der Waals surface area contributed by atoms with Crippen molar-refractivity contribution in [3.05, 3.63) is 36.0 Å². The van der Waals surface area contributed by atoms with Crippen molar-refractivity contribution in [3.63, 3.8) is 0 Å². The van der Waals surface area contributed by atoms with Crippen LogP contribution >= 0.6 is 11.8 Å². The van der Waals surface area contributed by atoms with E-state index in [4.69, 9.17) is 5.73 Å². The van der Waals surface area contributed by atoms with E-state index < -0.39 is 17.9 Å². The van der Waals surface area contributed by atoms with Gasteiger partial charge in [0.15, 0.2) is 0 Å². The lowest BCUT2D eigenvalue weighted by atomic mass is 10.1. The maximum Gasteiger partial charge on any atom is 0.433 e. The Bertz CT molecular complexity index is 959. The average molecular weight is 482 g/mol. The van der Waals surface area contributed by atoms with Crippen LogP contribution in [0.2, 0.25) is 0 Å². The number of alkyl halides is 3. The fraction of sp³-hybridized carbons (Fsp3) is 0.565. The summed E-state index contributed by atoms with van der Waals surface area (Å²) in [5.41, 5.74) is 6.19. The number of unbranched alkanes of at least 4 members (excludes halogenated alkanes) is 1. The van der Waals surface area contributed by atoms with Gasteiger partial charge in [0.2, 0.25) is 5.91 Å². The lowest BCUT2D eigenvalue weighted by Crippen LogP contribution is -2.47. The predicted molar refractivity (Wildman–Crippen MR) is 126 cm³/mol. The molecular weight excluding hydrogens is 451 g/mol. The molecule has 2 saturated heterocycles. The molecule has 0 spiro atoms. The molecule has 2 N–H and O–H groups in total.